The highest BCUT2D eigenvalue weighted by Crippen LogP contribution is 2.18. The molecule has 5 nitrogen and oxygen atoms in total. The zero-order valence-electron chi connectivity index (χ0n) is 14.0. The van der Waals surface area contributed by atoms with Crippen molar-refractivity contribution < 1.29 is 9.18 Å². The Hall–Kier alpha value is -2.67. The predicted octanol–water partition coefficient (Wildman–Crippen LogP) is 2.58. The highest BCUT2D eigenvalue weighted by atomic mass is 32.1. The molecule has 3 aromatic rings. The van der Waals surface area contributed by atoms with E-state index in [1.807, 2.05) is 43.3 Å². The molecule has 1 N–H and O–H groups in total. The lowest BCUT2D eigenvalue weighted by Gasteiger charge is -2.13. The summed E-state index contributed by atoms with van der Waals surface area (Å²) >= 11 is 1.00. The third kappa shape index (κ3) is 3.88. The van der Waals surface area contributed by atoms with Gasteiger partial charge in [-0.25, -0.2) is 4.39 Å². The zero-order chi connectivity index (χ0) is 18.0. The highest BCUT2D eigenvalue weighted by Gasteiger charge is 2.12. The molecule has 1 aromatic heterocycles. The third-order valence-corrected chi connectivity index (χ3v) is 4.83. The fourth-order valence-electron chi connectivity index (χ4n) is 2.50. The number of aromatic nitrogens is 1. The standard InChI is InChI=1S/C18H18FN3O2S/c1-21(2)14-6-3-12(4-7-14)10-20-17(23)11-22-15-9-13(19)5-8-16(15)25-18(22)24/h3-9H,10-11H2,1-2H3,(H,20,23). The maximum absolute atomic E-state index is 13.4. The molecular weight excluding hydrogens is 341 g/mol. The summed E-state index contributed by atoms with van der Waals surface area (Å²) in [5.74, 6) is -0.719. The molecule has 1 amide bonds. The lowest BCUT2D eigenvalue weighted by Crippen LogP contribution is -2.30. The molecule has 2 aromatic carbocycles. The summed E-state index contributed by atoms with van der Waals surface area (Å²) in [6.07, 6.45) is 0. The minimum Gasteiger partial charge on any atom is -0.378 e. The average Bonchev–Trinajstić information content (AvgIpc) is 2.88. The molecule has 0 unspecified atom stereocenters. The summed E-state index contributed by atoms with van der Waals surface area (Å²) in [5.41, 5.74) is 2.49. The van der Waals surface area contributed by atoms with Gasteiger partial charge in [0.2, 0.25) is 5.91 Å². The van der Waals surface area contributed by atoms with Crippen LogP contribution in [-0.4, -0.2) is 24.6 Å². The highest BCUT2D eigenvalue weighted by molar-refractivity contribution is 7.16. The Morgan fingerprint density at radius 2 is 1.92 bits per heavy atom. The molecular formula is C18H18FN3O2S. The maximum Gasteiger partial charge on any atom is 0.308 e. The van der Waals surface area contributed by atoms with Gasteiger partial charge in [0.05, 0.1) is 10.2 Å². The summed E-state index contributed by atoms with van der Waals surface area (Å²) in [7, 11) is 3.92. The Labute approximate surface area is 148 Å². The Kier molecular flexibility index (Phi) is 4.85. The molecule has 0 bridgehead atoms. The molecule has 7 heteroatoms. The topological polar surface area (TPSA) is 54.3 Å². The quantitative estimate of drug-likeness (QED) is 0.762. The number of anilines is 1. The first-order valence-corrected chi connectivity index (χ1v) is 8.57. The molecule has 0 fully saturated rings. The number of nitrogens with one attached hydrogen (secondary N) is 1. The second-order valence-electron chi connectivity index (χ2n) is 5.90. The lowest BCUT2D eigenvalue weighted by molar-refractivity contribution is -0.121. The van der Waals surface area contributed by atoms with E-state index in [4.69, 9.17) is 0 Å². The summed E-state index contributed by atoms with van der Waals surface area (Å²) in [6, 6.07) is 12.0. The number of carbonyl (C=O) groups is 1. The van der Waals surface area contributed by atoms with Crippen LogP contribution >= 0.6 is 11.3 Å². The third-order valence-electron chi connectivity index (χ3n) is 3.87. The molecule has 0 spiro atoms. The van der Waals surface area contributed by atoms with E-state index >= 15 is 0 Å². The van der Waals surface area contributed by atoms with Gasteiger partial charge < -0.3 is 10.2 Å². The van der Waals surface area contributed by atoms with Gasteiger partial charge in [-0.1, -0.05) is 23.5 Å². The molecule has 130 valence electrons. The van der Waals surface area contributed by atoms with Crippen molar-refractivity contribution in [1.82, 2.24) is 9.88 Å². The number of amides is 1. The first kappa shape index (κ1) is 17.2. The number of fused-ring (bicyclic) bond motifs is 1. The van der Waals surface area contributed by atoms with Gasteiger partial charge in [-0.05, 0) is 35.9 Å². The van der Waals surface area contributed by atoms with Gasteiger partial charge in [-0.3, -0.25) is 14.2 Å². The van der Waals surface area contributed by atoms with E-state index in [1.165, 1.54) is 16.7 Å². The fourth-order valence-corrected chi connectivity index (χ4v) is 3.37. The van der Waals surface area contributed by atoms with Crippen LogP contribution in [-0.2, 0) is 17.9 Å². The van der Waals surface area contributed by atoms with Gasteiger partial charge in [-0.2, -0.15) is 0 Å². The van der Waals surface area contributed by atoms with Crippen LogP contribution in [0.3, 0.4) is 0 Å². The smallest absolute Gasteiger partial charge is 0.308 e. The fraction of sp³-hybridized carbons (Fsp3) is 0.222. The maximum atomic E-state index is 13.4. The van der Waals surface area contributed by atoms with E-state index in [2.05, 4.69) is 5.32 Å². The van der Waals surface area contributed by atoms with Crippen LogP contribution in [0.25, 0.3) is 10.2 Å². The Morgan fingerprint density at radius 1 is 1.20 bits per heavy atom. The molecule has 0 saturated heterocycles. The summed E-state index contributed by atoms with van der Waals surface area (Å²) in [6.45, 7) is 0.246. The van der Waals surface area contributed by atoms with Crippen LogP contribution in [0.4, 0.5) is 10.1 Å². The number of thiazole rings is 1. The first-order chi connectivity index (χ1) is 11.9. The van der Waals surface area contributed by atoms with Crippen molar-refractivity contribution in [3.8, 4) is 0 Å². The number of hydrogen-bond acceptors (Lipinski definition) is 4. The van der Waals surface area contributed by atoms with Crippen molar-refractivity contribution in [1.29, 1.82) is 0 Å². The number of benzene rings is 2. The number of carbonyl (C=O) groups excluding carboxylic acids is 1. The molecule has 25 heavy (non-hydrogen) atoms. The van der Waals surface area contributed by atoms with Gasteiger partial charge in [0.1, 0.15) is 12.4 Å². The monoisotopic (exact) mass is 359 g/mol. The summed E-state index contributed by atoms with van der Waals surface area (Å²) < 4.78 is 15.4. The van der Waals surface area contributed by atoms with Crippen molar-refractivity contribution in [2.45, 2.75) is 13.1 Å². The van der Waals surface area contributed by atoms with Crippen LogP contribution in [0, 0.1) is 5.82 Å². The molecule has 1 heterocycles. The van der Waals surface area contributed by atoms with E-state index in [0.717, 1.165) is 22.6 Å². The molecule has 0 radical (unpaired) electrons. The minimum atomic E-state index is -0.430. The van der Waals surface area contributed by atoms with Crippen LogP contribution in [0.5, 0.6) is 0 Å². The minimum absolute atomic E-state index is 0.127. The van der Waals surface area contributed by atoms with Crippen molar-refractivity contribution in [2.75, 3.05) is 19.0 Å². The second kappa shape index (κ2) is 7.06. The van der Waals surface area contributed by atoms with Crippen LogP contribution in [0.15, 0.2) is 47.3 Å². The molecule has 0 aliphatic rings. The van der Waals surface area contributed by atoms with Gasteiger partial charge in [0.15, 0.2) is 0 Å². The number of halogens is 1. The zero-order valence-corrected chi connectivity index (χ0v) is 14.8. The molecule has 0 aliphatic heterocycles. The van der Waals surface area contributed by atoms with Crippen molar-refractivity contribution in [3.05, 3.63) is 63.5 Å². The number of rotatable bonds is 5. The van der Waals surface area contributed by atoms with Crippen molar-refractivity contribution >= 4 is 33.1 Å². The summed E-state index contributed by atoms with van der Waals surface area (Å²) in [4.78, 5) is 25.9. The molecule has 0 saturated carbocycles. The van der Waals surface area contributed by atoms with Gasteiger partial charge >= 0.3 is 4.87 Å². The van der Waals surface area contributed by atoms with Gasteiger partial charge in [-0.15, -0.1) is 0 Å². The van der Waals surface area contributed by atoms with Crippen LogP contribution in [0.1, 0.15) is 5.56 Å². The van der Waals surface area contributed by atoms with Crippen molar-refractivity contribution in [2.24, 2.45) is 0 Å². The van der Waals surface area contributed by atoms with Gasteiger partial charge in [0.25, 0.3) is 0 Å². The molecule has 0 aliphatic carbocycles. The molecule has 3 rings (SSSR count). The lowest BCUT2D eigenvalue weighted by atomic mass is 10.2. The Morgan fingerprint density at radius 3 is 2.60 bits per heavy atom. The van der Waals surface area contributed by atoms with E-state index in [-0.39, 0.29) is 17.3 Å². The van der Waals surface area contributed by atoms with E-state index in [9.17, 15) is 14.0 Å². The largest absolute Gasteiger partial charge is 0.378 e. The average molecular weight is 359 g/mol. The van der Waals surface area contributed by atoms with Crippen LogP contribution in [0.2, 0.25) is 0 Å². The summed E-state index contributed by atoms with van der Waals surface area (Å²) in [5, 5.41) is 2.79. The predicted molar refractivity (Wildman–Crippen MR) is 98.7 cm³/mol. The Bertz CT molecular complexity index is 961. The normalized spacial score (nSPS) is 10.8. The second-order valence-corrected chi connectivity index (χ2v) is 6.90. The number of hydrogen-bond donors (Lipinski definition) is 1. The van der Waals surface area contributed by atoms with Gasteiger partial charge in [0, 0.05) is 26.3 Å². The number of nitrogens with zero attached hydrogens (tertiary/aromatic N) is 2. The van der Waals surface area contributed by atoms with E-state index < -0.39 is 5.82 Å². The van der Waals surface area contributed by atoms with Crippen molar-refractivity contribution in [3.63, 3.8) is 0 Å². The van der Waals surface area contributed by atoms with E-state index in [1.54, 1.807) is 6.07 Å². The first-order valence-electron chi connectivity index (χ1n) is 7.76. The van der Waals surface area contributed by atoms with E-state index in [0.29, 0.717) is 16.8 Å². The molecule has 0 atom stereocenters. The Balaban J connectivity index is 1.68. The van der Waals surface area contributed by atoms with Crippen LogP contribution < -0.4 is 15.1 Å². The SMILES string of the molecule is CN(C)c1ccc(CNC(=O)Cn2c(=O)sc3ccc(F)cc32)cc1.